The maximum Gasteiger partial charge on any atom is 0.260 e. The van der Waals surface area contributed by atoms with Gasteiger partial charge in [0, 0.05) is 19.7 Å². The fourth-order valence-electron chi connectivity index (χ4n) is 4.85. The molecular formula is C19H31FN2O3. The van der Waals surface area contributed by atoms with Gasteiger partial charge >= 0.3 is 0 Å². The number of carbonyl (C=O) groups is 1. The molecule has 2 aliphatic carbocycles. The summed E-state index contributed by atoms with van der Waals surface area (Å²) in [6, 6.07) is 0.0432. The molecule has 0 N–H and O–H groups in total. The highest BCUT2D eigenvalue weighted by molar-refractivity contribution is 5.86. The van der Waals surface area contributed by atoms with Crippen molar-refractivity contribution < 1.29 is 18.7 Å². The molecule has 4 aliphatic rings. The van der Waals surface area contributed by atoms with E-state index in [-0.39, 0.29) is 18.1 Å². The predicted molar refractivity (Wildman–Crippen MR) is 92.1 cm³/mol. The number of hydrogen-bond donors (Lipinski definition) is 0. The van der Waals surface area contributed by atoms with Crippen molar-refractivity contribution >= 4 is 5.91 Å². The molecule has 4 fully saturated rings. The Morgan fingerprint density at radius 2 is 1.96 bits per heavy atom. The number of nitrogens with zero attached hydrogens (tertiary/aromatic N) is 2. The molecule has 25 heavy (non-hydrogen) atoms. The average molecular weight is 354 g/mol. The molecule has 6 heteroatoms. The molecule has 2 saturated carbocycles. The van der Waals surface area contributed by atoms with Crippen LogP contribution in [0.15, 0.2) is 0 Å². The van der Waals surface area contributed by atoms with E-state index < -0.39 is 5.67 Å². The molecule has 4 rings (SSSR count). The van der Waals surface area contributed by atoms with Crippen molar-refractivity contribution in [2.75, 3.05) is 46.0 Å². The zero-order valence-corrected chi connectivity index (χ0v) is 15.1. The van der Waals surface area contributed by atoms with E-state index in [0.717, 1.165) is 39.0 Å². The van der Waals surface area contributed by atoms with Crippen LogP contribution in [-0.4, -0.2) is 79.5 Å². The van der Waals surface area contributed by atoms with Crippen molar-refractivity contribution in [1.29, 1.82) is 0 Å². The summed E-state index contributed by atoms with van der Waals surface area (Å²) in [7, 11) is 0. The van der Waals surface area contributed by atoms with Crippen molar-refractivity contribution in [1.82, 2.24) is 9.80 Å². The van der Waals surface area contributed by atoms with E-state index in [1.807, 2.05) is 0 Å². The first-order valence-corrected chi connectivity index (χ1v) is 10.1. The van der Waals surface area contributed by atoms with Crippen molar-refractivity contribution in [3.63, 3.8) is 0 Å². The highest BCUT2D eigenvalue weighted by Gasteiger charge is 2.51. The van der Waals surface area contributed by atoms with Crippen LogP contribution in [0.1, 0.15) is 44.9 Å². The summed E-state index contributed by atoms with van der Waals surface area (Å²) in [6.45, 7) is 6.00. The summed E-state index contributed by atoms with van der Waals surface area (Å²) in [6.07, 6.45) is 6.11. The lowest BCUT2D eigenvalue weighted by Crippen LogP contribution is -2.58. The number of amides is 1. The standard InChI is InChI=1S/C19H31FN2O3/c20-19(4-3-5-19)18(23)22-9-11-25-17-13-15(12-16(17)22)14-24-10-8-21-6-1-2-7-21/h15-17H,1-14H2. The number of alkyl halides is 1. The van der Waals surface area contributed by atoms with Crippen molar-refractivity contribution in [2.45, 2.75) is 62.8 Å². The Bertz CT molecular complexity index is 479. The minimum Gasteiger partial charge on any atom is -0.380 e. The van der Waals surface area contributed by atoms with Crippen LogP contribution in [0.5, 0.6) is 0 Å². The van der Waals surface area contributed by atoms with E-state index in [2.05, 4.69) is 4.90 Å². The molecule has 3 unspecified atom stereocenters. The minimum absolute atomic E-state index is 0.0432. The number of morpholine rings is 1. The van der Waals surface area contributed by atoms with Crippen LogP contribution in [0.2, 0.25) is 0 Å². The lowest BCUT2D eigenvalue weighted by molar-refractivity contribution is -0.162. The smallest absolute Gasteiger partial charge is 0.260 e. The quantitative estimate of drug-likeness (QED) is 0.684. The van der Waals surface area contributed by atoms with Crippen molar-refractivity contribution in [3.8, 4) is 0 Å². The molecule has 3 atom stereocenters. The molecule has 2 saturated heterocycles. The van der Waals surface area contributed by atoms with Gasteiger partial charge < -0.3 is 19.3 Å². The van der Waals surface area contributed by atoms with E-state index in [1.54, 1.807) is 4.90 Å². The van der Waals surface area contributed by atoms with Gasteiger partial charge in [-0.3, -0.25) is 4.79 Å². The summed E-state index contributed by atoms with van der Waals surface area (Å²) in [4.78, 5) is 16.9. The Morgan fingerprint density at radius 3 is 2.68 bits per heavy atom. The van der Waals surface area contributed by atoms with E-state index in [0.29, 0.717) is 31.9 Å². The Labute approximate surface area is 149 Å². The van der Waals surface area contributed by atoms with Gasteiger partial charge in [0.25, 0.3) is 5.91 Å². The molecular weight excluding hydrogens is 323 g/mol. The number of ether oxygens (including phenoxy) is 2. The SMILES string of the molecule is O=C(N1CCOC2CC(COCCN3CCCC3)CC21)C1(F)CCC1. The van der Waals surface area contributed by atoms with E-state index >= 15 is 0 Å². The normalized spacial score (nSPS) is 34.8. The first kappa shape index (κ1) is 17.7. The molecule has 2 heterocycles. The van der Waals surface area contributed by atoms with E-state index in [9.17, 15) is 9.18 Å². The average Bonchev–Trinajstić information content (AvgIpc) is 3.24. The van der Waals surface area contributed by atoms with E-state index in [4.69, 9.17) is 9.47 Å². The molecule has 0 aromatic carbocycles. The molecule has 0 bridgehead atoms. The number of likely N-dealkylation sites (tertiary alicyclic amines) is 1. The monoisotopic (exact) mass is 354 g/mol. The third-order valence-corrected chi connectivity index (χ3v) is 6.53. The second-order valence-electron chi connectivity index (χ2n) is 8.26. The minimum atomic E-state index is -1.59. The number of hydrogen-bond acceptors (Lipinski definition) is 4. The first-order chi connectivity index (χ1) is 12.2. The molecule has 142 valence electrons. The van der Waals surface area contributed by atoms with Crippen LogP contribution < -0.4 is 0 Å². The maximum atomic E-state index is 14.6. The molecule has 0 spiro atoms. The van der Waals surface area contributed by atoms with Crippen LogP contribution >= 0.6 is 0 Å². The second-order valence-corrected chi connectivity index (χ2v) is 8.26. The number of fused-ring (bicyclic) bond motifs is 1. The third kappa shape index (κ3) is 3.71. The summed E-state index contributed by atoms with van der Waals surface area (Å²) in [5.41, 5.74) is -1.59. The van der Waals surface area contributed by atoms with Crippen LogP contribution in [0.25, 0.3) is 0 Å². The summed E-state index contributed by atoms with van der Waals surface area (Å²) in [5, 5.41) is 0. The highest BCUT2D eigenvalue weighted by atomic mass is 19.1. The van der Waals surface area contributed by atoms with Gasteiger partial charge in [-0.25, -0.2) is 4.39 Å². The largest absolute Gasteiger partial charge is 0.380 e. The zero-order chi connectivity index (χ0) is 17.3. The first-order valence-electron chi connectivity index (χ1n) is 10.1. The molecule has 2 aliphatic heterocycles. The van der Waals surface area contributed by atoms with Gasteiger partial charge in [-0.2, -0.15) is 0 Å². The summed E-state index contributed by atoms with van der Waals surface area (Å²) in [5.74, 6) is 0.131. The Kier molecular flexibility index (Phi) is 5.30. The lowest BCUT2D eigenvalue weighted by atomic mass is 9.80. The van der Waals surface area contributed by atoms with Gasteiger partial charge in [0.05, 0.1) is 25.4 Å². The Balaban J connectivity index is 1.25. The van der Waals surface area contributed by atoms with Crippen LogP contribution in [0.4, 0.5) is 4.39 Å². The van der Waals surface area contributed by atoms with Gasteiger partial charge in [0.2, 0.25) is 0 Å². The van der Waals surface area contributed by atoms with Crippen LogP contribution in [0.3, 0.4) is 0 Å². The molecule has 5 nitrogen and oxygen atoms in total. The van der Waals surface area contributed by atoms with Crippen LogP contribution in [0, 0.1) is 5.92 Å². The number of carbonyl (C=O) groups excluding carboxylic acids is 1. The van der Waals surface area contributed by atoms with Crippen LogP contribution in [-0.2, 0) is 14.3 Å². The van der Waals surface area contributed by atoms with Crippen molar-refractivity contribution in [3.05, 3.63) is 0 Å². The molecule has 1 amide bonds. The third-order valence-electron chi connectivity index (χ3n) is 6.53. The maximum absolute atomic E-state index is 14.6. The van der Waals surface area contributed by atoms with Crippen molar-refractivity contribution in [2.24, 2.45) is 5.92 Å². The number of rotatable bonds is 6. The lowest BCUT2D eigenvalue weighted by Gasteiger charge is -2.43. The Morgan fingerprint density at radius 1 is 1.16 bits per heavy atom. The second kappa shape index (κ2) is 7.49. The fourth-order valence-corrected chi connectivity index (χ4v) is 4.85. The summed E-state index contributed by atoms with van der Waals surface area (Å²) < 4.78 is 26.4. The highest BCUT2D eigenvalue weighted by Crippen LogP contribution is 2.41. The molecule has 0 aromatic heterocycles. The van der Waals surface area contributed by atoms with Gasteiger partial charge in [0.1, 0.15) is 0 Å². The van der Waals surface area contributed by atoms with E-state index in [1.165, 1.54) is 25.9 Å². The van der Waals surface area contributed by atoms with Gasteiger partial charge in [-0.1, -0.05) is 0 Å². The van der Waals surface area contributed by atoms with Gasteiger partial charge in [0.15, 0.2) is 5.67 Å². The number of halogens is 1. The zero-order valence-electron chi connectivity index (χ0n) is 15.1. The molecule has 0 radical (unpaired) electrons. The fraction of sp³-hybridized carbons (Fsp3) is 0.947. The summed E-state index contributed by atoms with van der Waals surface area (Å²) >= 11 is 0. The molecule has 0 aromatic rings. The van der Waals surface area contributed by atoms with Gasteiger partial charge in [-0.15, -0.1) is 0 Å². The Hall–Kier alpha value is -0.720. The predicted octanol–water partition coefficient (Wildman–Crippen LogP) is 2.00. The van der Waals surface area contributed by atoms with Gasteiger partial charge in [-0.05, 0) is 64.0 Å². The topological polar surface area (TPSA) is 42.0 Å².